The Morgan fingerprint density at radius 1 is 1.00 bits per heavy atom. The molecule has 0 saturated heterocycles. The average Bonchev–Trinajstić information content (AvgIpc) is 3.26. The smallest absolute Gasteiger partial charge is 0.191 e. The van der Waals surface area contributed by atoms with Crippen molar-refractivity contribution in [1.29, 1.82) is 0 Å². The zero-order chi connectivity index (χ0) is 21.3. The highest BCUT2D eigenvalue weighted by atomic mass is 32.2. The van der Waals surface area contributed by atoms with E-state index in [1.807, 2.05) is 43.7 Å². The Morgan fingerprint density at radius 3 is 2.40 bits per heavy atom. The third-order valence-corrected chi connectivity index (χ3v) is 6.15. The molecule has 4 aromatic rings. The topological polar surface area (TPSA) is 65.6 Å². The highest BCUT2D eigenvalue weighted by molar-refractivity contribution is 7.99. The van der Waals surface area contributed by atoms with Crippen LogP contribution in [0.5, 0.6) is 0 Å². The van der Waals surface area contributed by atoms with Gasteiger partial charge in [-0.1, -0.05) is 29.5 Å². The normalized spacial score (nSPS) is 11.1. The van der Waals surface area contributed by atoms with Crippen LogP contribution >= 0.6 is 11.8 Å². The molecule has 6 nitrogen and oxygen atoms in total. The zero-order valence-electron chi connectivity index (χ0n) is 17.5. The van der Waals surface area contributed by atoms with Crippen LogP contribution in [0.3, 0.4) is 0 Å². The average molecular weight is 418 g/mol. The van der Waals surface area contributed by atoms with Crippen LogP contribution in [-0.4, -0.2) is 35.9 Å². The lowest BCUT2D eigenvalue weighted by Crippen LogP contribution is -2.06. The molecule has 0 fully saturated rings. The van der Waals surface area contributed by atoms with Crippen molar-refractivity contribution < 1.29 is 4.79 Å². The van der Waals surface area contributed by atoms with E-state index in [1.165, 1.54) is 17.3 Å². The van der Waals surface area contributed by atoms with Crippen molar-refractivity contribution >= 4 is 17.5 Å². The summed E-state index contributed by atoms with van der Waals surface area (Å²) in [5.41, 5.74) is 5.97. The van der Waals surface area contributed by atoms with E-state index in [0.29, 0.717) is 10.9 Å². The number of rotatable bonds is 6. The molecule has 0 N–H and O–H groups in total. The van der Waals surface area contributed by atoms with Crippen molar-refractivity contribution in [1.82, 2.24) is 24.3 Å². The van der Waals surface area contributed by atoms with Crippen molar-refractivity contribution in [2.45, 2.75) is 25.9 Å². The minimum atomic E-state index is 0.0833. The Hall–Kier alpha value is -3.19. The lowest BCUT2D eigenvalue weighted by atomic mass is 10.2. The SMILES string of the molecule is Cc1ccc(-n2c(C)cc(C(=O)CSc3nnc(-c4ccncc4)n3C)c2C)cc1. The van der Waals surface area contributed by atoms with Crippen molar-refractivity contribution in [3.63, 3.8) is 0 Å². The van der Waals surface area contributed by atoms with Gasteiger partial charge >= 0.3 is 0 Å². The molecule has 152 valence electrons. The first kappa shape index (κ1) is 20.1. The van der Waals surface area contributed by atoms with E-state index in [1.54, 1.807) is 12.4 Å². The molecule has 3 heterocycles. The maximum absolute atomic E-state index is 13.0. The number of benzene rings is 1. The Labute approximate surface area is 180 Å². The Morgan fingerprint density at radius 2 is 1.70 bits per heavy atom. The predicted molar refractivity (Wildman–Crippen MR) is 119 cm³/mol. The third-order valence-electron chi connectivity index (χ3n) is 5.13. The first-order chi connectivity index (χ1) is 14.5. The number of nitrogens with zero attached hydrogens (tertiary/aromatic N) is 5. The minimum Gasteiger partial charge on any atom is -0.318 e. The number of carbonyl (C=O) groups excluding carboxylic acids is 1. The van der Waals surface area contributed by atoms with Gasteiger partial charge in [-0.3, -0.25) is 9.78 Å². The van der Waals surface area contributed by atoms with Gasteiger partial charge in [-0.2, -0.15) is 0 Å². The van der Waals surface area contributed by atoms with Crippen LogP contribution in [0.25, 0.3) is 17.1 Å². The second kappa shape index (κ2) is 8.28. The van der Waals surface area contributed by atoms with Crippen LogP contribution in [0.4, 0.5) is 0 Å². The van der Waals surface area contributed by atoms with E-state index in [2.05, 4.69) is 50.9 Å². The van der Waals surface area contributed by atoms with Gasteiger partial charge in [-0.25, -0.2) is 0 Å². The number of pyridine rings is 1. The van der Waals surface area contributed by atoms with Gasteiger partial charge in [0.1, 0.15) is 0 Å². The number of Topliss-reactive ketones (excluding diaryl/α,β-unsaturated/α-hetero) is 1. The van der Waals surface area contributed by atoms with Crippen LogP contribution in [0.15, 0.2) is 60.0 Å². The summed E-state index contributed by atoms with van der Waals surface area (Å²) < 4.78 is 4.03. The number of hydrogen-bond donors (Lipinski definition) is 0. The van der Waals surface area contributed by atoms with E-state index < -0.39 is 0 Å². The van der Waals surface area contributed by atoms with Gasteiger partial charge < -0.3 is 9.13 Å². The molecule has 0 amide bonds. The quantitative estimate of drug-likeness (QED) is 0.340. The monoisotopic (exact) mass is 417 g/mol. The molecule has 0 aliphatic heterocycles. The molecule has 7 heteroatoms. The highest BCUT2D eigenvalue weighted by Crippen LogP contribution is 2.25. The third kappa shape index (κ3) is 3.80. The van der Waals surface area contributed by atoms with Gasteiger partial charge in [-0.05, 0) is 51.1 Å². The highest BCUT2D eigenvalue weighted by Gasteiger charge is 2.19. The van der Waals surface area contributed by atoms with E-state index in [-0.39, 0.29) is 5.78 Å². The van der Waals surface area contributed by atoms with E-state index in [0.717, 1.165) is 34.0 Å². The molecule has 4 rings (SSSR count). The van der Waals surface area contributed by atoms with Crippen molar-refractivity contribution in [3.05, 3.63) is 77.4 Å². The molecule has 30 heavy (non-hydrogen) atoms. The molecule has 0 aliphatic rings. The lowest BCUT2D eigenvalue weighted by molar-refractivity contribution is 0.102. The van der Waals surface area contributed by atoms with E-state index in [4.69, 9.17) is 0 Å². The number of hydrogen-bond acceptors (Lipinski definition) is 5. The molecule has 0 aliphatic carbocycles. The fraction of sp³-hybridized carbons (Fsp3) is 0.217. The van der Waals surface area contributed by atoms with Gasteiger partial charge in [0.2, 0.25) is 0 Å². The van der Waals surface area contributed by atoms with Crippen LogP contribution < -0.4 is 0 Å². The summed E-state index contributed by atoms with van der Waals surface area (Å²) in [5, 5.41) is 9.24. The summed E-state index contributed by atoms with van der Waals surface area (Å²) in [7, 11) is 1.91. The van der Waals surface area contributed by atoms with Gasteiger partial charge in [0.25, 0.3) is 0 Å². The number of ketones is 1. The summed E-state index contributed by atoms with van der Waals surface area (Å²) >= 11 is 1.40. The molecule has 0 bridgehead atoms. The van der Waals surface area contributed by atoms with Crippen LogP contribution in [-0.2, 0) is 7.05 Å². The minimum absolute atomic E-state index is 0.0833. The summed E-state index contributed by atoms with van der Waals surface area (Å²) in [5.74, 6) is 1.14. The van der Waals surface area contributed by atoms with Gasteiger partial charge in [0.15, 0.2) is 16.8 Å². The van der Waals surface area contributed by atoms with Crippen molar-refractivity contribution in [2.24, 2.45) is 7.05 Å². The van der Waals surface area contributed by atoms with Crippen LogP contribution in [0.2, 0.25) is 0 Å². The Kier molecular flexibility index (Phi) is 5.55. The molecule has 1 aromatic carbocycles. The molecule has 0 atom stereocenters. The largest absolute Gasteiger partial charge is 0.318 e. The van der Waals surface area contributed by atoms with E-state index in [9.17, 15) is 4.79 Å². The molecule has 3 aromatic heterocycles. The molecular formula is C23H23N5OS. The summed E-state index contributed by atoms with van der Waals surface area (Å²) in [6, 6.07) is 14.1. The van der Waals surface area contributed by atoms with Crippen molar-refractivity contribution in [3.8, 4) is 17.1 Å². The van der Waals surface area contributed by atoms with Gasteiger partial charge in [0, 0.05) is 47.6 Å². The molecule has 0 radical (unpaired) electrons. The Bertz CT molecular complexity index is 1190. The maximum Gasteiger partial charge on any atom is 0.191 e. The molecular weight excluding hydrogens is 394 g/mol. The number of carbonyl (C=O) groups is 1. The number of aromatic nitrogens is 5. The number of aryl methyl sites for hydroxylation is 2. The fourth-order valence-corrected chi connectivity index (χ4v) is 4.33. The first-order valence-electron chi connectivity index (χ1n) is 9.67. The summed E-state index contributed by atoms with van der Waals surface area (Å²) in [6.07, 6.45) is 3.45. The van der Waals surface area contributed by atoms with Crippen LogP contribution in [0, 0.1) is 20.8 Å². The second-order valence-electron chi connectivity index (χ2n) is 7.27. The second-order valence-corrected chi connectivity index (χ2v) is 8.21. The standard InChI is InChI=1S/C23H23N5OS/c1-15-5-7-19(8-6-15)28-16(2)13-20(17(28)3)21(29)14-30-23-26-25-22(27(23)4)18-9-11-24-12-10-18/h5-13H,14H2,1-4H3. The maximum atomic E-state index is 13.0. The predicted octanol–water partition coefficient (Wildman–Crippen LogP) is 4.57. The van der Waals surface area contributed by atoms with Gasteiger partial charge in [0.05, 0.1) is 5.75 Å². The summed E-state index contributed by atoms with van der Waals surface area (Å²) in [6.45, 7) is 6.09. The molecule has 0 spiro atoms. The lowest BCUT2D eigenvalue weighted by Gasteiger charge is -2.10. The van der Waals surface area contributed by atoms with Gasteiger partial charge in [-0.15, -0.1) is 10.2 Å². The summed E-state index contributed by atoms with van der Waals surface area (Å²) in [4.78, 5) is 17.0. The fourth-order valence-electron chi connectivity index (χ4n) is 3.54. The van der Waals surface area contributed by atoms with Crippen LogP contribution in [0.1, 0.15) is 27.3 Å². The Balaban J connectivity index is 1.52. The van der Waals surface area contributed by atoms with Crippen molar-refractivity contribution in [2.75, 3.05) is 5.75 Å². The zero-order valence-corrected chi connectivity index (χ0v) is 18.3. The first-order valence-corrected chi connectivity index (χ1v) is 10.7. The molecule has 0 saturated carbocycles. The van der Waals surface area contributed by atoms with E-state index >= 15 is 0 Å². The number of thioether (sulfide) groups is 1. The molecule has 0 unspecified atom stereocenters.